The highest BCUT2D eigenvalue weighted by atomic mass is 127. The molecule has 2 atom stereocenters. The fourth-order valence-electron chi connectivity index (χ4n) is 2.17. The first-order chi connectivity index (χ1) is 5.88. The molecular weight excluding hydrogens is 265 g/mol. The number of likely N-dealkylation sites (tertiary alicyclic amines) is 1. The largest absolute Gasteiger partial charge is 0.372 e. The highest BCUT2D eigenvalue weighted by Crippen LogP contribution is 2.26. The first-order valence-corrected chi connectivity index (χ1v) is 6.35. The Hall–Kier alpha value is 0.650. The number of nitrogens with zero attached hydrogens (tertiary/aromatic N) is 1. The Labute approximate surface area is 87.8 Å². The Morgan fingerprint density at radius 2 is 1.92 bits per heavy atom. The molecular formula is C9H16INO. The van der Waals surface area contributed by atoms with Crippen LogP contribution in [-0.4, -0.2) is 41.2 Å². The zero-order chi connectivity index (χ0) is 8.39. The normalized spacial score (nSPS) is 35.8. The molecule has 2 nitrogen and oxygen atoms in total. The number of hydrogen-bond donors (Lipinski definition) is 0. The van der Waals surface area contributed by atoms with Gasteiger partial charge >= 0.3 is 0 Å². The van der Waals surface area contributed by atoms with E-state index in [0.29, 0.717) is 12.2 Å². The van der Waals surface area contributed by atoms with Crippen molar-refractivity contribution in [2.45, 2.75) is 31.5 Å². The van der Waals surface area contributed by atoms with Crippen LogP contribution in [0.25, 0.3) is 0 Å². The van der Waals surface area contributed by atoms with Gasteiger partial charge in [0.1, 0.15) is 0 Å². The molecule has 2 bridgehead atoms. The Kier molecular flexibility index (Phi) is 3.26. The highest BCUT2D eigenvalue weighted by Gasteiger charge is 2.32. The molecule has 0 radical (unpaired) electrons. The molecule has 0 amide bonds. The van der Waals surface area contributed by atoms with Gasteiger partial charge < -0.3 is 4.74 Å². The van der Waals surface area contributed by atoms with Crippen LogP contribution in [0.2, 0.25) is 0 Å². The summed E-state index contributed by atoms with van der Waals surface area (Å²) in [6.45, 7) is 3.65. The fourth-order valence-corrected chi connectivity index (χ4v) is 2.51. The number of fused-ring (bicyclic) bond motifs is 2. The summed E-state index contributed by atoms with van der Waals surface area (Å²) in [5.74, 6) is 0. The minimum absolute atomic E-state index is 0.568. The fraction of sp³-hybridized carbons (Fsp3) is 1.00. The van der Waals surface area contributed by atoms with E-state index >= 15 is 0 Å². The third-order valence-electron chi connectivity index (χ3n) is 2.73. The average molecular weight is 281 g/mol. The van der Waals surface area contributed by atoms with Gasteiger partial charge in [-0.1, -0.05) is 22.6 Å². The van der Waals surface area contributed by atoms with Crippen LogP contribution in [0.15, 0.2) is 0 Å². The van der Waals surface area contributed by atoms with Crippen molar-refractivity contribution in [1.82, 2.24) is 4.90 Å². The third kappa shape index (κ3) is 2.12. The second kappa shape index (κ2) is 4.24. The van der Waals surface area contributed by atoms with Crippen LogP contribution in [0.3, 0.4) is 0 Å². The molecule has 0 aromatic rings. The van der Waals surface area contributed by atoms with Crippen molar-refractivity contribution in [3.63, 3.8) is 0 Å². The lowest BCUT2D eigenvalue weighted by Gasteiger charge is -2.31. The van der Waals surface area contributed by atoms with Gasteiger partial charge in [0.2, 0.25) is 0 Å². The van der Waals surface area contributed by atoms with E-state index < -0.39 is 0 Å². The molecule has 2 aliphatic heterocycles. The van der Waals surface area contributed by atoms with Gasteiger partial charge in [0.25, 0.3) is 0 Å². The minimum Gasteiger partial charge on any atom is -0.372 e. The minimum atomic E-state index is 0.568. The summed E-state index contributed by atoms with van der Waals surface area (Å²) in [6, 6.07) is 0. The van der Waals surface area contributed by atoms with Crippen molar-refractivity contribution >= 4 is 22.6 Å². The van der Waals surface area contributed by atoms with Crippen molar-refractivity contribution < 1.29 is 4.74 Å². The maximum absolute atomic E-state index is 5.76. The van der Waals surface area contributed by atoms with E-state index in [1.807, 2.05) is 0 Å². The van der Waals surface area contributed by atoms with Crippen LogP contribution >= 0.6 is 22.6 Å². The number of morpholine rings is 1. The van der Waals surface area contributed by atoms with Gasteiger partial charge in [-0.25, -0.2) is 0 Å². The Morgan fingerprint density at radius 3 is 2.50 bits per heavy atom. The van der Waals surface area contributed by atoms with E-state index in [1.54, 1.807) is 0 Å². The molecule has 2 unspecified atom stereocenters. The third-order valence-corrected chi connectivity index (χ3v) is 3.49. The predicted molar refractivity (Wildman–Crippen MR) is 57.8 cm³/mol. The Balaban J connectivity index is 1.78. The van der Waals surface area contributed by atoms with Gasteiger partial charge in [-0.2, -0.15) is 0 Å². The number of rotatable bonds is 3. The van der Waals surface area contributed by atoms with Crippen molar-refractivity contribution in [1.29, 1.82) is 0 Å². The second-order valence-corrected chi connectivity index (χ2v) is 4.84. The zero-order valence-electron chi connectivity index (χ0n) is 7.34. The van der Waals surface area contributed by atoms with E-state index in [2.05, 4.69) is 27.5 Å². The maximum atomic E-state index is 5.76. The molecule has 2 aliphatic rings. The monoisotopic (exact) mass is 281 g/mol. The van der Waals surface area contributed by atoms with Crippen LogP contribution in [0, 0.1) is 0 Å². The van der Waals surface area contributed by atoms with Crippen LogP contribution < -0.4 is 0 Å². The summed E-state index contributed by atoms with van der Waals surface area (Å²) in [5.41, 5.74) is 0. The lowest BCUT2D eigenvalue weighted by atomic mass is 10.2. The van der Waals surface area contributed by atoms with Crippen LogP contribution in [0.1, 0.15) is 19.3 Å². The zero-order valence-corrected chi connectivity index (χ0v) is 9.50. The predicted octanol–water partition coefficient (Wildman–Crippen LogP) is 1.67. The summed E-state index contributed by atoms with van der Waals surface area (Å²) in [4.78, 5) is 2.57. The van der Waals surface area contributed by atoms with Gasteiger partial charge in [0.05, 0.1) is 12.2 Å². The van der Waals surface area contributed by atoms with E-state index in [4.69, 9.17) is 4.74 Å². The van der Waals surface area contributed by atoms with E-state index in [-0.39, 0.29) is 0 Å². The summed E-state index contributed by atoms with van der Waals surface area (Å²) in [7, 11) is 0. The maximum Gasteiger partial charge on any atom is 0.0707 e. The van der Waals surface area contributed by atoms with Crippen LogP contribution in [0.5, 0.6) is 0 Å². The van der Waals surface area contributed by atoms with Crippen LogP contribution in [-0.2, 0) is 4.74 Å². The molecule has 0 aromatic carbocycles. The quantitative estimate of drug-likeness (QED) is 0.576. The van der Waals surface area contributed by atoms with Crippen molar-refractivity contribution in [2.24, 2.45) is 0 Å². The molecule has 2 rings (SSSR count). The van der Waals surface area contributed by atoms with Crippen molar-refractivity contribution in [3.05, 3.63) is 0 Å². The van der Waals surface area contributed by atoms with E-state index in [9.17, 15) is 0 Å². The molecule has 0 spiro atoms. The molecule has 0 aliphatic carbocycles. The summed E-state index contributed by atoms with van der Waals surface area (Å²) < 4.78 is 7.05. The van der Waals surface area contributed by atoms with E-state index in [1.165, 1.54) is 43.3 Å². The average Bonchev–Trinajstić information content (AvgIpc) is 2.42. The number of halogens is 1. The smallest absolute Gasteiger partial charge is 0.0707 e. The summed E-state index contributed by atoms with van der Waals surface area (Å²) in [6.07, 6.45) is 5.06. The molecule has 2 fully saturated rings. The second-order valence-electron chi connectivity index (χ2n) is 3.76. The molecule has 2 saturated heterocycles. The summed E-state index contributed by atoms with van der Waals surface area (Å²) in [5, 5.41) is 0. The van der Waals surface area contributed by atoms with Gasteiger partial charge in [0.15, 0.2) is 0 Å². The first kappa shape index (κ1) is 9.21. The molecule has 2 heterocycles. The Morgan fingerprint density at radius 1 is 1.25 bits per heavy atom. The molecule has 12 heavy (non-hydrogen) atoms. The molecule has 3 heteroatoms. The lowest BCUT2D eigenvalue weighted by Crippen LogP contribution is -2.42. The SMILES string of the molecule is ICCCN1CC2CCC(C1)O2. The Bertz CT molecular complexity index is 141. The first-order valence-electron chi connectivity index (χ1n) is 4.82. The number of alkyl halides is 1. The van der Waals surface area contributed by atoms with Crippen molar-refractivity contribution in [3.8, 4) is 0 Å². The molecule has 70 valence electrons. The molecule has 0 N–H and O–H groups in total. The standard InChI is InChI=1S/C9H16INO/c10-4-1-5-11-6-8-2-3-9(7-11)12-8/h8-9H,1-7H2. The highest BCUT2D eigenvalue weighted by molar-refractivity contribution is 14.1. The van der Waals surface area contributed by atoms with Gasteiger partial charge in [-0.05, 0) is 25.8 Å². The summed E-state index contributed by atoms with van der Waals surface area (Å²) >= 11 is 2.45. The van der Waals surface area contributed by atoms with Crippen molar-refractivity contribution in [2.75, 3.05) is 24.1 Å². The topological polar surface area (TPSA) is 12.5 Å². The number of hydrogen-bond acceptors (Lipinski definition) is 2. The molecule has 0 aromatic heterocycles. The van der Waals surface area contributed by atoms with E-state index in [0.717, 1.165) is 0 Å². The van der Waals surface area contributed by atoms with Gasteiger partial charge in [0, 0.05) is 17.5 Å². The number of ether oxygens (including phenoxy) is 1. The lowest BCUT2D eigenvalue weighted by molar-refractivity contribution is -0.0379. The van der Waals surface area contributed by atoms with Gasteiger partial charge in [-0.3, -0.25) is 4.90 Å². The van der Waals surface area contributed by atoms with Gasteiger partial charge in [-0.15, -0.1) is 0 Å². The molecule has 0 saturated carbocycles. The van der Waals surface area contributed by atoms with Crippen LogP contribution in [0.4, 0.5) is 0 Å².